The third-order valence-corrected chi connectivity index (χ3v) is 5.84. The first-order chi connectivity index (χ1) is 12.0. The van der Waals surface area contributed by atoms with E-state index in [0.29, 0.717) is 11.8 Å². The van der Waals surface area contributed by atoms with E-state index in [1.165, 1.54) is 11.3 Å². The first kappa shape index (κ1) is 16.7. The summed E-state index contributed by atoms with van der Waals surface area (Å²) in [5.74, 6) is 0.787. The second-order valence-corrected chi connectivity index (χ2v) is 8.45. The summed E-state index contributed by atoms with van der Waals surface area (Å²) in [4.78, 5) is 8.28. The van der Waals surface area contributed by atoms with E-state index < -0.39 is 0 Å². The monoisotopic (exact) mass is 355 g/mol. The Morgan fingerprint density at radius 2 is 2.00 bits per heavy atom. The molecule has 3 aromatic rings. The minimum atomic E-state index is 0.172. The van der Waals surface area contributed by atoms with Crippen LogP contribution in [-0.2, 0) is 6.54 Å². The van der Waals surface area contributed by atoms with E-state index in [1.54, 1.807) is 11.3 Å². The lowest BCUT2D eigenvalue weighted by Gasteiger charge is -2.17. The molecular formula is C19H25N5S. The Hall–Kier alpha value is -1.76. The van der Waals surface area contributed by atoms with Gasteiger partial charge in [0.1, 0.15) is 5.01 Å². The lowest BCUT2D eigenvalue weighted by atomic mass is 9.95. The van der Waals surface area contributed by atoms with Gasteiger partial charge >= 0.3 is 0 Å². The number of nitrogens with two attached hydrogens (primary N) is 1. The second kappa shape index (κ2) is 6.52. The van der Waals surface area contributed by atoms with Gasteiger partial charge in [-0.1, -0.05) is 55.5 Å². The summed E-state index contributed by atoms with van der Waals surface area (Å²) in [7, 11) is 0. The van der Waals surface area contributed by atoms with Crippen molar-refractivity contribution in [1.29, 1.82) is 0 Å². The average Bonchev–Trinajstić information content (AvgIpc) is 3.22. The minimum absolute atomic E-state index is 0.172. The van der Waals surface area contributed by atoms with Gasteiger partial charge in [-0.2, -0.15) is 5.10 Å². The maximum atomic E-state index is 6.47. The van der Waals surface area contributed by atoms with Crippen LogP contribution in [0.1, 0.15) is 47.6 Å². The number of rotatable bonds is 4. The molecule has 0 amide bonds. The second-order valence-electron chi connectivity index (χ2n) is 7.29. The van der Waals surface area contributed by atoms with Crippen molar-refractivity contribution >= 4 is 16.3 Å². The molecule has 132 valence electrons. The van der Waals surface area contributed by atoms with Gasteiger partial charge in [0.05, 0.1) is 11.4 Å². The van der Waals surface area contributed by atoms with Crippen LogP contribution in [0.5, 0.6) is 0 Å². The van der Waals surface area contributed by atoms with E-state index in [-0.39, 0.29) is 6.04 Å². The third-order valence-electron chi connectivity index (χ3n) is 5.02. The topological polar surface area (TPSA) is 59.5 Å². The molecule has 5 nitrogen and oxygen atoms in total. The number of hydrogen-bond donors (Lipinski definition) is 1. The van der Waals surface area contributed by atoms with Gasteiger partial charge in [0, 0.05) is 31.6 Å². The normalized spacial score (nSPS) is 21.6. The highest BCUT2D eigenvalue weighted by Crippen LogP contribution is 2.30. The Bertz CT molecular complexity index is 867. The number of benzene rings is 1. The molecule has 0 spiro atoms. The third kappa shape index (κ3) is 3.10. The van der Waals surface area contributed by atoms with Gasteiger partial charge in [-0.15, -0.1) is 0 Å². The van der Waals surface area contributed by atoms with Crippen molar-refractivity contribution in [3.05, 3.63) is 52.3 Å². The molecular weight excluding hydrogens is 330 g/mol. The fourth-order valence-corrected chi connectivity index (χ4v) is 4.59. The van der Waals surface area contributed by atoms with Gasteiger partial charge in [-0.25, -0.2) is 9.50 Å². The van der Waals surface area contributed by atoms with Crippen molar-refractivity contribution in [2.24, 2.45) is 5.73 Å². The van der Waals surface area contributed by atoms with Gasteiger partial charge < -0.3 is 5.73 Å². The number of fused-ring (bicyclic) bond motifs is 1. The number of aromatic nitrogens is 3. The molecule has 1 saturated heterocycles. The summed E-state index contributed by atoms with van der Waals surface area (Å²) in [6.07, 6.45) is 0. The van der Waals surface area contributed by atoms with Gasteiger partial charge in [-0.3, -0.25) is 4.90 Å². The summed E-state index contributed by atoms with van der Waals surface area (Å²) in [6, 6.07) is 10.8. The van der Waals surface area contributed by atoms with Gasteiger partial charge in [0.15, 0.2) is 0 Å². The Morgan fingerprint density at radius 1 is 1.24 bits per heavy atom. The van der Waals surface area contributed by atoms with Crippen molar-refractivity contribution in [2.45, 2.75) is 45.2 Å². The highest BCUT2D eigenvalue weighted by atomic mass is 32.1. The van der Waals surface area contributed by atoms with E-state index in [1.807, 2.05) is 11.4 Å². The molecule has 25 heavy (non-hydrogen) atoms. The molecule has 4 rings (SSSR count). The van der Waals surface area contributed by atoms with Crippen LogP contribution in [0.4, 0.5) is 0 Å². The standard InChI is InChI=1S/C19H25N5S/c1-12(2)18-17(24-19(21-18)25-13(3)22-24)11-23-9-15(16(20)10-23)14-7-5-4-6-8-14/h4-8,12,15-16H,9-11,20H2,1-3H3/t15-,16+/m0/s1. The maximum absolute atomic E-state index is 6.47. The van der Waals surface area contributed by atoms with Crippen LogP contribution in [0.2, 0.25) is 0 Å². The van der Waals surface area contributed by atoms with Crippen LogP contribution in [-0.4, -0.2) is 38.6 Å². The van der Waals surface area contributed by atoms with Gasteiger partial charge in [0.25, 0.3) is 0 Å². The number of imidazole rings is 1. The van der Waals surface area contributed by atoms with Crippen LogP contribution in [0.3, 0.4) is 0 Å². The molecule has 3 heterocycles. The quantitative estimate of drug-likeness (QED) is 0.781. The zero-order valence-electron chi connectivity index (χ0n) is 15.0. The number of likely N-dealkylation sites (tertiary alicyclic amines) is 1. The average molecular weight is 356 g/mol. The van der Waals surface area contributed by atoms with Crippen LogP contribution >= 0.6 is 11.3 Å². The molecule has 0 radical (unpaired) electrons. The molecule has 2 aromatic heterocycles. The molecule has 0 saturated carbocycles. The molecule has 0 unspecified atom stereocenters. The Balaban J connectivity index is 1.60. The number of hydrogen-bond acceptors (Lipinski definition) is 5. The zero-order chi connectivity index (χ0) is 17.6. The smallest absolute Gasteiger partial charge is 0.212 e. The molecule has 2 N–H and O–H groups in total. The minimum Gasteiger partial charge on any atom is -0.326 e. The van der Waals surface area contributed by atoms with E-state index in [9.17, 15) is 0 Å². The molecule has 0 aliphatic carbocycles. The van der Waals surface area contributed by atoms with Crippen molar-refractivity contribution in [3.63, 3.8) is 0 Å². The van der Waals surface area contributed by atoms with Crippen LogP contribution in [0.25, 0.3) is 4.96 Å². The highest BCUT2D eigenvalue weighted by molar-refractivity contribution is 7.16. The number of nitrogens with zero attached hydrogens (tertiary/aromatic N) is 4. The fraction of sp³-hybridized carbons (Fsp3) is 0.474. The van der Waals surface area contributed by atoms with Crippen LogP contribution < -0.4 is 5.73 Å². The largest absolute Gasteiger partial charge is 0.326 e. The molecule has 1 aliphatic heterocycles. The lowest BCUT2D eigenvalue weighted by Crippen LogP contribution is -2.29. The Labute approximate surface area is 152 Å². The van der Waals surface area contributed by atoms with Crippen molar-refractivity contribution in [3.8, 4) is 0 Å². The lowest BCUT2D eigenvalue weighted by molar-refractivity contribution is 0.315. The molecule has 6 heteroatoms. The van der Waals surface area contributed by atoms with Gasteiger partial charge in [0.2, 0.25) is 4.96 Å². The maximum Gasteiger partial charge on any atom is 0.212 e. The van der Waals surface area contributed by atoms with Crippen LogP contribution in [0, 0.1) is 6.92 Å². The number of aryl methyl sites for hydroxylation is 1. The van der Waals surface area contributed by atoms with E-state index in [4.69, 9.17) is 10.7 Å². The van der Waals surface area contributed by atoms with E-state index >= 15 is 0 Å². The Morgan fingerprint density at radius 3 is 2.72 bits per heavy atom. The molecule has 2 atom stereocenters. The van der Waals surface area contributed by atoms with E-state index in [0.717, 1.165) is 35.3 Å². The fourth-order valence-electron chi connectivity index (χ4n) is 3.82. The zero-order valence-corrected chi connectivity index (χ0v) is 15.8. The summed E-state index contributed by atoms with van der Waals surface area (Å²) < 4.78 is 2.04. The SMILES string of the molecule is Cc1nn2c(CN3C[C@@H](N)[C@H](c4ccccc4)C3)c(C(C)C)nc2s1. The Kier molecular flexibility index (Phi) is 4.35. The van der Waals surface area contributed by atoms with Crippen molar-refractivity contribution in [2.75, 3.05) is 13.1 Å². The predicted octanol–water partition coefficient (Wildman–Crippen LogP) is 3.15. The molecule has 1 aromatic carbocycles. The van der Waals surface area contributed by atoms with Gasteiger partial charge in [-0.05, 0) is 18.4 Å². The molecule has 1 fully saturated rings. The van der Waals surface area contributed by atoms with Crippen molar-refractivity contribution in [1.82, 2.24) is 19.5 Å². The molecule has 0 bridgehead atoms. The van der Waals surface area contributed by atoms with Crippen LogP contribution in [0.15, 0.2) is 30.3 Å². The summed E-state index contributed by atoms with van der Waals surface area (Å²) in [5.41, 5.74) is 10.2. The summed E-state index contributed by atoms with van der Waals surface area (Å²) in [6.45, 7) is 9.19. The first-order valence-corrected chi connectivity index (χ1v) is 9.72. The summed E-state index contributed by atoms with van der Waals surface area (Å²) >= 11 is 1.66. The predicted molar refractivity (Wildman–Crippen MR) is 102 cm³/mol. The first-order valence-electron chi connectivity index (χ1n) is 8.90. The summed E-state index contributed by atoms with van der Waals surface area (Å²) in [5, 5.41) is 5.72. The van der Waals surface area contributed by atoms with E-state index in [2.05, 4.69) is 54.2 Å². The molecule has 1 aliphatic rings. The van der Waals surface area contributed by atoms with Crippen molar-refractivity contribution < 1.29 is 0 Å². The highest BCUT2D eigenvalue weighted by Gasteiger charge is 2.32.